The Morgan fingerprint density at radius 2 is 1.77 bits per heavy atom. The van der Waals surface area contributed by atoms with E-state index in [2.05, 4.69) is 0 Å². The van der Waals surface area contributed by atoms with E-state index in [0.717, 1.165) is 16.7 Å². The lowest BCUT2D eigenvalue weighted by Crippen LogP contribution is -2.30. The number of ether oxygens (including phenoxy) is 3. The summed E-state index contributed by atoms with van der Waals surface area (Å²) < 4.78 is 21.4. The third kappa shape index (κ3) is 4.74. The van der Waals surface area contributed by atoms with Gasteiger partial charge in [-0.05, 0) is 49.7 Å². The van der Waals surface area contributed by atoms with E-state index in [-0.39, 0.29) is 18.3 Å². The fourth-order valence-electron chi connectivity index (χ4n) is 3.04. The van der Waals surface area contributed by atoms with Crippen molar-refractivity contribution >= 4 is 22.8 Å². The zero-order chi connectivity index (χ0) is 21.7. The Morgan fingerprint density at radius 1 is 1.07 bits per heavy atom. The van der Waals surface area contributed by atoms with Crippen molar-refractivity contribution in [3.8, 4) is 11.5 Å². The number of carbonyl (C=O) groups is 2. The molecule has 2 aromatic carbocycles. The Morgan fingerprint density at radius 3 is 2.43 bits per heavy atom. The number of hydrogen-bond donors (Lipinski definition) is 0. The number of carbonyl (C=O) groups excluding carboxylic acids is 2. The van der Waals surface area contributed by atoms with Gasteiger partial charge in [-0.25, -0.2) is 4.79 Å². The Balaban J connectivity index is 1.59. The minimum absolute atomic E-state index is 0.0835. The molecule has 1 heterocycles. The smallest absolute Gasteiger partial charge is 0.375 e. The van der Waals surface area contributed by atoms with Gasteiger partial charge in [-0.1, -0.05) is 12.1 Å². The zero-order valence-electron chi connectivity index (χ0n) is 17.6. The molecule has 0 aliphatic heterocycles. The molecular formula is C23H25NO6. The number of fused-ring (bicyclic) bond motifs is 1. The highest BCUT2D eigenvalue weighted by Crippen LogP contribution is 2.29. The maximum Gasteiger partial charge on any atom is 0.375 e. The fourth-order valence-corrected chi connectivity index (χ4v) is 3.04. The predicted molar refractivity (Wildman–Crippen MR) is 112 cm³/mol. The number of aryl methyl sites for hydroxylation is 1. The van der Waals surface area contributed by atoms with Crippen LogP contribution in [0, 0.1) is 6.92 Å². The van der Waals surface area contributed by atoms with Gasteiger partial charge in [0.1, 0.15) is 17.1 Å². The van der Waals surface area contributed by atoms with Gasteiger partial charge in [-0.3, -0.25) is 4.79 Å². The number of furan rings is 1. The molecule has 3 rings (SSSR count). The summed E-state index contributed by atoms with van der Waals surface area (Å²) in [5.74, 6) is 0.541. The monoisotopic (exact) mass is 411 g/mol. The van der Waals surface area contributed by atoms with Crippen LogP contribution in [0.4, 0.5) is 0 Å². The molecule has 0 atom stereocenters. The summed E-state index contributed by atoms with van der Waals surface area (Å²) >= 11 is 0. The van der Waals surface area contributed by atoms with E-state index in [1.54, 1.807) is 39.3 Å². The largest absolute Gasteiger partial charge is 0.497 e. The summed E-state index contributed by atoms with van der Waals surface area (Å²) in [5.41, 5.74) is 2.14. The van der Waals surface area contributed by atoms with Gasteiger partial charge in [0.25, 0.3) is 5.91 Å². The summed E-state index contributed by atoms with van der Waals surface area (Å²) in [6.45, 7) is 4.31. The molecule has 0 saturated carbocycles. The second-order valence-electron chi connectivity index (χ2n) is 6.82. The summed E-state index contributed by atoms with van der Waals surface area (Å²) in [4.78, 5) is 26.3. The molecular weight excluding hydrogens is 386 g/mol. The molecule has 0 bridgehead atoms. The first-order chi connectivity index (χ1) is 14.4. The van der Waals surface area contributed by atoms with Crippen molar-refractivity contribution in [3.63, 3.8) is 0 Å². The van der Waals surface area contributed by atoms with Crippen molar-refractivity contribution in [2.24, 2.45) is 0 Å². The highest BCUT2D eigenvalue weighted by molar-refractivity contribution is 5.97. The number of methoxy groups -OCH3 is 1. The molecule has 0 aliphatic rings. The molecule has 1 aromatic heterocycles. The molecule has 7 heteroatoms. The van der Waals surface area contributed by atoms with Gasteiger partial charge < -0.3 is 23.5 Å². The maximum atomic E-state index is 12.4. The minimum atomic E-state index is -0.675. The molecule has 0 unspecified atom stereocenters. The van der Waals surface area contributed by atoms with Gasteiger partial charge in [0.2, 0.25) is 5.76 Å². The first-order valence-electron chi connectivity index (χ1n) is 9.63. The van der Waals surface area contributed by atoms with Crippen LogP contribution >= 0.6 is 0 Å². The van der Waals surface area contributed by atoms with Gasteiger partial charge in [-0.15, -0.1) is 0 Å². The highest BCUT2D eigenvalue weighted by Gasteiger charge is 2.21. The van der Waals surface area contributed by atoms with Crippen LogP contribution in [0.15, 0.2) is 46.9 Å². The minimum Gasteiger partial charge on any atom is -0.497 e. The molecule has 0 radical (unpaired) electrons. The van der Waals surface area contributed by atoms with Crippen molar-refractivity contribution < 1.29 is 28.2 Å². The normalized spacial score (nSPS) is 10.7. The number of nitrogens with zero attached hydrogens (tertiary/aromatic N) is 1. The molecule has 3 aromatic rings. The Labute approximate surface area is 175 Å². The van der Waals surface area contributed by atoms with E-state index >= 15 is 0 Å². The van der Waals surface area contributed by atoms with Gasteiger partial charge in [0.15, 0.2) is 6.61 Å². The molecule has 0 aliphatic carbocycles. The first-order valence-corrected chi connectivity index (χ1v) is 9.63. The van der Waals surface area contributed by atoms with Crippen molar-refractivity contribution in [2.75, 3.05) is 27.4 Å². The summed E-state index contributed by atoms with van der Waals surface area (Å²) in [6, 6.07) is 12.8. The Hall–Kier alpha value is -3.48. The van der Waals surface area contributed by atoms with Crippen LogP contribution in [0.25, 0.3) is 11.0 Å². The second kappa shape index (κ2) is 9.35. The van der Waals surface area contributed by atoms with Crippen molar-refractivity contribution in [1.82, 2.24) is 4.90 Å². The molecule has 1 amide bonds. The first kappa shape index (κ1) is 21.2. The average molecular weight is 411 g/mol. The zero-order valence-corrected chi connectivity index (χ0v) is 17.6. The highest BCUT2D eigenvalue weighted by atomic mass is 16.5. The van der Waals surface area contributed by atoms with Crippen molar-refractivity contribution in [1.29, 1.82) is 0 Å². The van der Waals surface area contributed by atoms with E-state index in [1.807, 2.05) is 31.2 Å². The second-order valence-corrected chi connectivity index (χ2v) is 6.82. The number of esters is 1. The Bertz CT molecular complexity index is 1040. The number of benzene rings is 2. The molecule has 0 saturated heterocycles. The van der Waals surface area contributed by atoms with Crippen LogP contribution in [0.5, 0.6) is 11.5 Å². The lowest BCUT2D eigenvalue weighted by molar-refractivity contribution is -0.133. The number of rotatable bonds is 8. The summed E-state index contributed by atoms with van der Waals surface area (Å²) in [5, 5.41) is 0.764. The van der Waals surface area contributed by atoms with Crippen LogP contribution in [0.2, 0.25) is 0 Å². The standard InChI is InChI=1S/C23H25NO6/c1-5-28-17-8-6-16(7-9-17)13-24(3)21(25)14-29-23(26)22-15(2)19-12-18(27-4)10-11-20(19)30-22/h6-12H,5,13-14H2,1-4H3. The molecule has 158 valence electrons. The van der Waals surface area contributed by atoms with Gasteiger partial charge in [0, 0.05) is 24.5 Å². The van der Waals surface area contributed by atoms with Crippen LogP contribution < -0.4 is 9.47 Å². The maximum absolute atomic E-state index is 12.4. The molecule has 0 fully saturated rings. The molecule has 7 nitrogen and oxygen atoms in total. The summed E-state index contributed by atoms with van der Waals surface area (Å²) in [6.07, 6.45) is 0. The number of likely N-dealkylation sites (N-methyl/N-ethyl adjacent to an activating group) is 1. The lowest BCUT2D eigenvalue weighted by atomic mass is 10.1. The van der Waals surface area contributed by atoms with E-state index in [9.17, 15) is 9.59 Å². The lowest BCUT2D eigenvalue weighted by Gasteiger charge is -2.17. The quantitative estimate of drug-likeness (QED) is 0.522. The molecule has 0 spiro atoms. The van der Waals surface area contributed by atoms with Crippen LogP contribution in [0.3, 0.4) is 0 Å². The van der Waals surface area contributed by atoms with Crippen LogP contribution in [-0.2, 0) is 16.1 Å². The van der Waals surface area contributed by atoms with Gasteiger partial charge >= 0.3 is 5.97 Å². The van der Waals surface area contributed by atoms with E-state index in [1.165, 1.54) is 4.90 Å². The van der Waals surface area contributed by atoms with Crippen molar-refractivity contribution in [2.45, 2.75) is 20.4 Å². The van der Waals surface area contributed by atoms with E-state index < -0.39 is 5.97 Å². The Kier molecular flexibility index (Phi) is 6.61. The predicted octanol–water partition coefficient (Wildman–Crippen LogP) is 3.96. The SMILES string of the molecule is CCOc1ccc(CN(C)C(=O)COC(=O)c2oc3ccc(OC)cc3c2C)cc1. The molecule has 30 heavy (non-hydrogen) atoms. The number of hydrogen-bond acceptors (Lipinski definition) is 6. The average Bonchev–Trinajstić information content (AvgIpc) is 3.09. The molecule has 0 N–H and O–H groups in total. The van der Waals surface area contributed by atoms with Crippen molar-refractivity contribution in [3.05, 3.63) is 59.4 Å². The third-order valence-corrected chi connectivity index (χ3v) is 4.74. The van der Waals surface area contributed by atoms with E-state index in [4.69, 9.17) is 18.6 Å². The fraction of sp³-hybridized carbons (Fsp3) is 0.304. The number of amides is 1. The third-order valence-electron chi connectivity index (χ3n) is 4.74. The van der Waals surface area contributed by atoms with E-state index in [0.29, 0.717) is 30.0 Å². The summed E-state index contributed by atoms with van der Waals surface area (Å²) in [7, 11) is 3.23. The van der Waals surface area contributed by atoms with Gasteiger partial charge in [-0.2, -0.15) is 0 Å². The van der Waals surface area contributed by atoms with Gasteiger partial charge in [0.05, 0.1) is 13.7 Å². The van der Waals surface area contributed by atoms with Crippen LogP contribution in [0.1, 0.15) is 28.6 Å². The van der Waals surface area contributed by atoms with Crippen LogP contribution in [-0.4, -0.2) is 44.1 Å². The topological polar surface area (TPSA) is 78.2 Å².